The summed E-state index contributed by atoms with van der Waals surface area (Å²) in [5.41, 5.74) is 7.16. The number of hydrogen-bond donors (Lipinski definition) is 1. The topological polar surface area (TPSA) is 74.2 Å². The van der Waals surface area contributed by atoms with E-state index in [1.807, 2.05) is 24.3 Å². The van der Waals surface area contributed by atoms with Crippen LogP contribution in [0.25, 0.3) is 0 Å². The first-order chi connectivity index (χ1) is 9.72. The molecule has 6 heteroatoms. The van der Waals surface area contributed by atoms with E-state index in [9.17, 15) is 0 Å². The number of hydrogen-bond acceptors (Lipinski definition) is 5. The Morgan fingerprint density at radius 2 is 2.10 bits per heavy atom. The van der Waals surface area contributed by atoms with Crippen LogP contribution in [-0.2, 0) is 11.2 Å². The molecule has 1 aromatic carbocycles. The van der Waals surface area contributed by atoms with Gasteiger partial charge in [0.2, 0.25) is 5.89 Å². The van der Waals surface area contributed by atoms with Crippen molar-refractivity contribution in [3.8, 4) is 0 Å². The molecule has 2 unspecified atom stereocenters. The van der Waals surface area contributed by atoms with Gasteiger partial charge >= 0.3 is 0 Å². The van der Waals surface area contributed by atoms with E-state index in [0.717, 1.165) is 12.0 Å². The molecule has 1 saturated heterocycles. The van der Waals surface area contributed by atoms with Crippen LogP contribution in [0.1, 0.15) is 29.6 Å². The third-order valence-electron chi connectivity index (χ3n) is 3.49. The van der Waals surface area contributed by atoms with Crippen LogP contribution in [0.4, 0.5) is 0 Å². The monoisotopic (exact) mass is 293 g/mol. The molecule has 106 valence electrons. The van der Waals surface area contributed by atoms with Crippen LogP contribution < -0.4 is 5.73 Å². The smallest absolute Gasteiger partial charge is 0.233 e. The fourth-order valence-electron chi connectivity index (χ4n) is 2.28. The standard InChI is InChI=1S/C14H16ClN3O2/c15-10-3-1-9(2-4-10)7-13-17-14(20-18-13)11-8-19-6-5-12(11)16/h1-4,11-12H,5-8,16H2. The molecular weight excluding hydrogens is 278 g/mol. The van der Waals surface area contributed by atoms with E-state index >= 15 is 0 Å². The summed E-state index contributed by atoms with van der Waals surface area (Å²) in [7, 11) is 0. The van der Waals surface area contributed by atoms with Crippen LogP contribution in [0.15, 0.2) is 28.8 Å². The zero-order valence-corrected chi connectivity index (χ0v) is 11.7. The van der Waals surface area contributed by atoms with Crippen LogP contribution in [0, 0.1) is 0 Å². The number of nitrogens with zero attached hydrogens (tertiary/aromatic N) is 2. The Hall–Kier alpha value is -1.43. The van der Waals surface area contributed by atoms with Crippen LogP contribution >= 0.6 is 11.6 Å². The first-order valence-electron chi connectivity index (χ1n) is 6.62. The van der Waals surface area contributed by atoms with Crippen molar-refractivity contribution in [1.82, 2.24) is 10.1 Å². The highest BCUT2D eigenvalue weighted by Gasteiger charge is 2.29. The van der Waals surface area contributed by atoms with E-state index < -0.39 is 0 Å². The highest BCUT2D eigenvalue weighted by Crippen LogP contribution is 2.23. The number of rotatable bonds is 3. The third kappa shape index (κ3) is 3.00. The van der Waals surface area contributed by atoms with Gasteiger partial charge in [-0.2, -0.15) is 4.98 Å². The fourth-order valence-corrected chi connectivity index (χ4v) is 2.41. The van der Waals surface area contributed by atoms with Crippen molar-refractivity contribution in [2.75, 3.05) is 13.2 Å². The maximum atomic E-state index is 6.07. The lowest BCUT2D eigenvalue weighted by atomic mass is 9.97. The Kier molecular flexibility index (Phi) is 4.00. The highest BCUT2D eigenvalue weighted by atomic mass is 35.5. The summed E-state index contributed by atoms with van der Waals surface area (Å²) in [6, 6.07) is 7.63. The predicted octanol–water partition coefficient (Wildman–Crippen LogP) is 2.14. The molecule has 20 heavy (non-hydrogen) atoms. The van der Waals surface area contributed by atoms with E-state index in [2.05, 4.69) is 10.1 Å². The van der Waals surface area contributed by atoms with Gasteiger partial charge in [-0.25, -0.2) is 0 Å². The van der Waals surface area contributed by atoms with Crippen LogP contribution in [0.5, 0.6) is 0 Å². The summed E-state index contributed by atoms with van der Waals surface area (Å²) >= 11 is 5.86. The summed E-state index contributed by atoms with van der Waals surface area (Å²) in [6.07, 6.45) is 1.43. The van der Waals surface area contributed by atoms with Crippen LogP contribution in [0.3, 0.4) is 0 Å². The Morgan fingerprint density at radius 1 is 1.30 bits per heavy atom. The molecular formula is C14H16ClN3O2. The van der Waals surface area contributed by atoms with Crippen molar-refractivity contribution >= 4 is 11.6 Å². The summed E-state index contributed by atoms with van der Waals surface area (Å²) in [4.78, 5) is 4.43. The van der Waals surface area contributed by atoms with E-state index in [4.69, 9.17) is 26.6 Å². The number of halogens is 1. The van der Waals surface area contributed by atoms with Crippen LogP contribution in [-0.4, -0.2) is 29.4 Å². The number of ether oxygens (including phenoxy) is 1. The van der Waals surface area contributed by atoms with Gasteiger partial charge in [0.25, 0.3) is 0 Å². The lowest BCUT2D eigenvalue weighted by molar-refractivity contribution is 0.0590. The number of benzene rings is 1. The van der Waals surface area contributed by atoms with Crippen molar-refractivity contribution in [2.24, 2.45) is 5.73 Å². The van der Waals surface area contributed by atoms with Gasteiger partial charge < -0.3 is 15.0 Å². The third-order valence-corrected chi connectivity index (χ3v) is 3.74. The second-order valence-corrected chi connectivity index (χ2v) is 5.42. The summed E-state index contributed by atoms with van der Waals surface area (Å²) in [6.45, 7) is 1.24. The van der Waals surface area contributed by atoms with Gasteiger partial charge in [0.05, 0.1) is 12.5 Å². The summed E-state index contributed by atoms with van der Waals surface area (Å²) in [5.74, 6) is 1.22. The maximum absolute atomic E-state index is 6.07. The molecule has 2 aromatic rings. The lowest BCUT2D eigenvalue weighted by Gasteiger charge is -2.25. The second kappa shape index (κ2) is 5.91. The van der Waals surface area contributed by atoms with E-state index in [-0.39, 0.29) is 12.0 Å². The van der Waals surface area contributed by atoms with Crippen molar-refractivity contribution in [1.29, 1.82) is 0 Å². The molecule has 0 spiro atoms. The molecule has 1 aliphatic heterocycles. The fraction of sp³-hybridized carbons (Fsp3) is 0.429. The molecule has 0 bridgehead atoms. The molecule has 0 aliphatic carbocycles. The quantitative estimate of drug-likeness (QED) is 0.938. The zero-order chi connectivity index (χ0) is 13.9. The number of nitrogens with two attached hydrogens (primary N) is 1. The molecule has 0 radical (unpaired) electrons. The maximum Gasteiger partial charge on any atom is 0.233 e. The lowest BCUT2D eigenvalue weighted by Crippen LogP contribution is -2.37. The average Bonchev–Trinajstić information content (AvgIpc) is 2.90. The number of aromatic nitrogens is 2. The molecule has 2 heterocycles. The molecule has 0 saturated carbocycles. The Balaban J connectivity index is 1.71. The molecule has 3 rings (SSSR count). The molecule has 0 amide bonds. The zero-order valence-electron chi connectivity index (χ0n) is 11.0. The normalized spacial score (nSPS) is 22.9. The van der Waals surface area contributed by atoms with Crippen molar-refractivity contribution < 1.29 is 9.26 Å². The van der Waals surface area contributed by atoms with E-state index in [1.165, 1.54) is 0 Å². The van der Waals surface area contributed by atoms with Gasteiger partial charge in [0, 0.05) is 24.1 Å². The van der Waals surface area contributed by atoms with Gasteiger partial charge in [0.1, 0.15) is 0 Å². The van der Waals surface area contributed by atoms with E-state index in [0.29, 0.717) is 36.4 Å². The van der Waals surface area contributed by atoms with Crippen LogP contribution in [0.2, 0.25) is 5.02 Å². The minimum atomic E-state index is -0.00443. The molecule has 1 aliphatic rings. The predicted molar refractivity (Wildman–Crippen MR) is 74.7 cm³/mol. The minimum absolute atomic E-state index is 0.00443. The van der Waals surface area contributed by atoms with Gasteiger partial charge in [-0.15, -0.1) is 0 Å². The van der Waals surface area contributed by atoms with Crippen molar-refractivity contribution in [3.63, 3.8) is 0 Å². The molecule has 2 atom stereocenters. The Morgan fingerprint density at radius 3 is 2.85 bits per heavy atom. The average molecular weight is 294 g/mol. The second-order valence-electron chi connectivity index (χ2n) is 4.99. The molecule has 1 aromatic heterocycles. The van der Waals surface area contributed by atoms with Crippen molar-refractivity contribution in [3.05, 3.63) is 46.6 Å². The first-order valence-corrected chi connectivity index (χ1v) is 7.00. The molecule has 5 nitrogen and oxygen atoms in total. The Bertz CT molecular complexity index is 570. The van der Waals surface area contributed by atoms with Gasteiger partial charge in [-0.1, -0.05) is 28.9 Å². The molecule has 2 N–H and O–H groups in total. The van der Waals surface area contributed by atoms with Gasteiger partial charge in [-0.05, 0) is 24.1 Å². The summed E-state index contributed by atoms with van der Waals surface area (Å²) in [5, 5.41) is 4.73. The van der Waals surface area contributed by atoms with Gasteiger partial charge in [0.15, 0.2) is 5.82 Å². The first kappa shape index (κ1) is 13.5. The molecule has 1 fully saturated rings. The van der Waals surface area contributed by atoms with E-state index in [1.54, 1.807) is 0 Å². The highest BCUT2D eigenvalue weighted by molar-refractivity contribution is 6.30. The summed E-state index contributed by atoms with van der Waals surface area (Å²) < 4.78 is 10.7. The van der Waals surface area contributed by atoms with Gasteiger partial charge in [-0.3, -0.25) is 0 Å². The Labute approximate surface area is 122 Å². The van der Waals surface area contributed by atoms with Crippen molar-refractivity contribution in [2.45, 2.75) is 24.8 Å². The SMILES string of the molecule is NC1CCOCC1c1nc(Cc2ccc(Cl)cc2)no1. The largest absolute Gasteiger partial charge is 0.381 e. The minimum Gasteiger partial charge on any atom is -0.381 e.